The van der Waals surface area contributed by atoms with E-state index < -0.39 is 29.5 Å². The molecule has 2 unspecified atom stereocenters. The van der Waals surface area contributed by atoms with E-state index in [-0.39, 0.29) is 22.1 Å². The zero-order chi connectivity index (χ0) is 21.9. The van der Waals surface area contributed by atoms with Gasteiger partial charge in [-0.05, 0) is 37.5 Å². The largest absolute Gasteiger partial charge is 0.504 e. The van der Waals surface area contributed by atoms with Crippen molar-refractivity contribution in [2.75, 3.05) is 6.61 Å². The van der Waals surface area contributed by atoms with Gasteiger partial charge < -0.3 is 30.2 Å². The number of carbonyl (C=O) groups is 1. The van der Waals surface area contributed by atoms with Crippen molar-refractivity contribution >= 4 is 23.2 Å². The number of thiocarbonyl (C=S) groups is 1. The molecule has 0 amide bonds. The second-order valence-corrected chi connectivity index (χ2v) is 7.80. The highest BCUT2D eigenvalue weighted by molar-refractivity contribution is 7.80. The van der Waals surface area contributed by atoms with Crippen LogP contribution in [0.15, 0.2) is 29.7 Å². The molecular formula is C21H24N2O6S. The minimum Gasteiger partial charge on any atom is -0.504 e. The summed E-state index contributed by atoms with van der Waals surface area (Å²) in [5.74, 6) is -4.72. The van der Waals surface area contributed by atoms with E-state index in [1.807, 2.05) is 6.07 Å². The van der Waals surface area contributed by atoms with Crippen LogP contribution in [0.3, 0.4) is 0 Å². The summed E-state index contributed by atoms with van der Waals surface area (Å²) in [7, 11) is 0. The maximum absolute atomic E-state index is 13.0. The first kappa shape index (κ1) is 21.7. The van der Waals surface area contributed by atoms with Crippen LogP contribution in [-0.2, 0) is 14.3 Å². The minimum absolute atomic E-state index is 0.106. The summed E-state index contributed by atoms with van der Waals surface area (Å²) in [4.78, 5) is 12.9. The highest BCUT2D eigenvalue weighted by Crippen LogP contribution is 2.44. The van der Waals surface area contributed by atoms with Gasteiger partial charge in [0.25, 0.3) is 11.7 Å². The number of phenols is 1. The van der Waals surface area contributed by atoms with Crippen LogP contribution in [0.2, 0.25) is 0 Å². The number of aliphatic hydroxyl groups is 1. The molecule has 1 saturated carbocycles. The Bertz CT molecular complexity index is 917. The van der Waals surface area contributed by atoms with E-state index >= 15 is 0 Å². The summed E-state index contributed by atoms with van der Waals surface area (Å²) in [5, 5.41) is 30.4. The molecule has 0 radical (unpaired) electrons. The molecule has 9 heteroatoms. The molecule has 30 heavy (non-hydrogen) atoms. The first-order valence-corrected chi connectivity index (χ1v) is 10.2. The molecule has 1 aromatic rings. The third-order valence-corrected chi connectivity index (χ3v) is 5.61. The first-order valence-electron chi connectivity index (χ1n) is 9.82. The highest BCUT2D eigenvalue weighted by atomic mass is 32.1. The molecule has 1 fully saturated rings. The number of esters is 1. The van der Waals surface area contributed by atoms with Crippen LogP contribution in [0.25, 0.3) is 0 Å². The van der Waals surface area contributed by atoms with Gasteiger partial charge in [0.05, 0.1) is 17.7 Å². The lowest BCUT2D eigenvalue weighted by molar-refractivity contribution is -0.250. The average Bonchev–Trinajstić information content (AvgIpc) is 2.69. The van der Waals surface area contributed by atoms with Gasteiger partial charge in [0, 0.05) is 18.8 Å². The maximum atomic E-state index is 13.0. The molecule has 1 heterocycles. The Morgan fingerprint density at radius 1 is 1.33 bits per heavy atom. The smallest absolute Gasteiger partial charge is 0.345 e. The van der Waals surface area contributed by atoms with E-state index in [2.05, 4.69) is 0 Å². The summed E-state index contributed by atoms with van der Waals surface area (Å²) >= 11 is 5.04. The zero-order valence-electron chi connectivity index (χ0n) is 16.6. The zero-order valence-corrected chi connectivity index (χ0v) is 17.4. The van der Waals surface area contributed by atoms with Crippen LogP contribution in [0.1, 0.15) is 50.5 Å². The molecule has 1 spiro atoms. The predicted molar refractivity (Wildman–Crippen MR) is 111 cm³/mol. The number of nitrogens with zero attached hydrogens (tertiary/aromatic N) is 1. The standard InChI is InChI=1S/C21H24N2O6S/c1-2-27-15-10-12(6-7-14(15)24)16(13(11-22)18(23)30)17-19(25)28-21(29-20(17)26)8-4-3-5-9-21/h6-7,10,13,16,24-25H,2-5,8-9H2,1H3,(H2,23,30). The Hall–Kier alpha value is -2.99. The van der Waals surface area contributed by atoms with Gasteiger partial charge in [-0.25, -0.2) is 4.79 Å². The van der Waals surface area contributed by atoms with Gasteiger partial charge in [0.15, 0.2) is 11.5 Å². The Labute approximate surface area is 179 Å². The van der Waals surface area contributed by atoms with Crippen LogP contribution < -0.4 is 10.5 Å². The molecule has 0 aromatic heterocycles. The van der Waals surface area contributed by atoms with Crippen LogP contribution in [-0.4, -0.2) is 33.6 Å². The van der Waals surface area contributed by atoms with E-state index in [1.54, 1.807) is 6.92 Å². The van der Waals surface area contributed by atoms with E-state index in [9.17, 15) is 20.3 Å². The fourth-order valence-electron chi connectivity index (χ4n) is 3.94. The number of hydrogen-bond acceptors (Lipinski definition) is 8. The van der Waals surface area contributed by atoms with Gasteiger partial charge >= 0.3 is 5.97 Å². The average molecular weight is 432 g/mol. The summed E-state index contributed by atoms with van der Waals surface area (Å²) in [5.41, 5.74) is 5.93. The van der Waals surface area contributed by atoms with Gasteiger partial charge in [-0.2, -0.15) is 5.26 Å². The fourth-order valence-corrected chi connectivity index (χ4v) is 4.13. The lowest BCUT2D eigenvalue weighted by atomic mass is 9.80. The Morgan fingerprint density at radius 2 is 2.03 bits per heavy atom. The Balaban J connectivity index is 2.10. The van der Waals surface area contributed by atoms with E-state index in [4.69, 9.17) is 32.2 Å². The van der Waals surface area contributed by atoms with E-state index in [0.29, 0.717) is 25.0 Å². The van der Waals surface area contributed by atoms with Crippen LogP contribution in [0.4, 0.5) is 0 Å². The number of aliphatic hydroxyl groups excluding tert-OH is 1. The van der Waals surface area contributed by atoms with Gasteiger partial charge in [-0.1, -0.05) is 24.7 Å². The van der Waals surface area contributed by atoms with Crippen molar-refractivity contribution in [3.63, 3.8) is 0 Å². The second-order valence-electron chi connectivity index (χ2n) is 7.33. The van der Waals surface area contributed by atoms with Crippen molar-refractivity contribution in [2.24, 2.45) is 11.7 Å². The molecule has 3 rings (SSSR count). The van der Waals surface area contributed by atoms with Crippen LogP contribution in [0, 0.1) is 17.2 Å². The maximum Gasteiger partial charge on any atom is 0.345 e. The number of ether oxygens (including phenoxy) is 3. The number of benzene rings is 1. The van der Waals surface area contributed by atoms with Crippen LogP contribution in [0.5, 0.6) is 11.5 Å². The van der Waals surface area contributed by atoms with E-state index in [0.717, 1.165) is 19.3 Å². The van der Waals surface area contributed by atoms with Crippen LogP contribution >= 0.6 is 12.2 Å². The lowest BCUT2D eigenvalue weighted by Crippen LogP contribution is -2.45. The van der Waals surface area contributed by atoms with Crippen molar-refractivity contribution in [3.8, 4) is 17.6 Å². The van der Waals surface area contributed by atoms with Crippen molar-refractivity contribution in [3.05, 3.63) is 35.3 Å². The highest BCUT2D eigenvalue weighted by Gasteiger charge is 2.48. The van der Waals surface area contributed by atoms with Gasteiger partial charge in [0.1, 0.15) is 11.5 Å². The Kier molecular flexibility index (Phi) is 6.37. The summed E-state index contributed by atoms with van der Waals surface area (Å²) < 4.78 is 16.7. The number of rotatable bonds is 6. The number of nitrogens with two attached hydrogens (primary N) is 1. The topological polar surface area (TPSA) is 135 Å². The molecule has 8 nitrogen and oxygen atoms in total. The molecule has 1 aliphatic carbocycles. The molecule has 4 N–H and O–H groups in total. The quantitative estimate of drug-likeness (QED) is 0.457. The van der Waals surface area contributed by atoms with Crippen molar-refractivity contribution in [1.29, 1.82) is 5.26 Å². The lowest BCUT2D eigenvalue weighted by Gasteiger charge is -2.40. The van der Waals surface area contributed by atoms with Crippen molar-refractivity contribution in [2.45, 2.75) is 50.7 Å². The number of carbonyl (C=O) groups excluding carboxylic acids is 1. The van der Waals surface area contributed by atoms with Gasteiger partial charge in [-0.3, -0.25) is 0 Å². The first-order chi connectivity index (χ1) is 14.3. The third kappa shape index (κ3) is 4.14. The molecule has 0 saturated heterocycles. The molecule has 1 aromatic carbocycles. The molecule has 2 aliphatic rings. The van der Waals surface area contributed by atoms with E-state index in [1.165, 1.54) is 18.2 Å². The molecule has 0 bridgehead atoms. The SMILES string of the molecule is CCOc1cc(C(C2=C(O)OC3(CCCCC3)OC2=O)C(C#N)C(N)=S)ccc1O. The van der Waals surface area contributed by atoms with Crippen molar-refractivity contribution < 1.29 is 29.2 Å². The number of hydrogen-bond donors (Lipinski definition) is 3. The third-order valence-electron chi connectivity index (χ3n) is 5.36. The minimum atomic E-state index is -1.19. The number of aromatic hydroxyl groups is 1. The summed E-state index contributed by atoms with van der Waals surface area (Å²) in [6, 6.07) is 6.35. The monoisotopic (exact) mass is 432 g/mol. The van der Waals surface area contributed by atoms with Gasteiger partial charge in [0.2, 0.25) is 0 Å². The second kappa shape index (κ2) is 8.79. The summed E-state index contributed by atoms with van der Waals surface area (Å²) in [6.07, 6.45) is 3.57. The molecule has 2 atom stereocenters. The Morgan fingerprint density at radius 3 is 2.60 bits per heavy atom. The predicted octanol–water partition coefficient (Wildman–Crippen LogP) is 3.30. The number of phenolic OH excluding ortho intramolecular Hbond substituents is 1. The fraction of sp³-hybridized carbons (Fsp3) is 0.476. The normalized spacial score (nSPS) is 19.9. The van der Waals surface area contributed by atoms with Gasteiger partial charge in [-0.15, -0.1) is 0 Å². The molecule has 160 valence electrons. The molecular weight excluding hydrogens is 408 g/mol. The summed E-state index contributed by atoms with van der Waals surface area (Å²) in [6.45, 7) is 2.04. The molecule has 1 aliphatic heterocycles. The number of nitriles is 1. The van der Waals surface area contributed by atoms with Crippen molar-refractivity contribution in [1.82, 2.24) is 0 Å².